The standard InChI is InChI=1S/C17H23N3S/c1-13-7-3-4-9-16(13)20-17-14(8-5-6-11-18-17)15(19-20)10-12-21-2/h3-4,7,9,18H,5-6,8,10-12H2,1-2H3. The highest BCUT2D eigenvalue weighted by Crippen LogP contribution is 2.29. The molecular formula is C17H23N3S. The van der Waals surface area contributed by atoms with Crippen molar-refractivity contribution in [2.75, 3.05) is 23.9 Å². The molecule has 2 aromatic rings. The van der Waals surface area contributed by atoms with Gasteiger partial charge in [0.15, 0.2) is 0 Å². The van der Waals surface area contributed by atoms with Gasteiger partial charge in [0.1, 0.15) is 5.82 Å². The summed E-state index contributed by atoms with van der Waals surface area (Å²) >= 11 is 1.89. The van der Waals surface area contributed by atoms with Gasteiger partial charge in [-0.1, -0.05) is 18.2 Å². The van der Waals surface area contributed by atoms with Crippen LogP contribution in [0.3, 0.4) is 0 Å². The van der Waals surface area contributed by atoms with Crippen molar-refractivity contribution in [1.29, 1.82) is 0 Å². The van der Waals surface area contributed by atoms with Crippen LogP contribution in [-0.4, -0.2) is 28.3 Å². The Morgan fingerprint density at radius 1 is 1.29 bits per heavy atom. The highest BCUT2D eigenvalue weighted by Gasteiger charge is 2.20. The molecule has 1 aliphatic rings. The molecule has 0 amide bonds. The fourth-order valence-electron chi connectivity index (χ4n) is 2.95. The number of hydrogen-bond acceptors (Lipinski definition) is 3. The van der Waals surface area contributed by atoms with Crippen molar-refractivity contribution in [3.05, 3.63) is 41.1 Å². The van der Waals surface area contributed by atoms with Crippen LogP contribution in [0.1, 0.15) is 29.7 Å². The van der Waals surface area contributed by atoms with Gasteiger partial charge in [0, 0.05) is 18.5 Å². The summed E-state index contributed by atoms with van der Waals surface area (Å²) in [5.74, 6) is 2.36. The monoisotopic (exact) mass is 301 g/mol. The fraction of sp³-hybridized carbons (Fsp3) is 0.471. The molecule has 0 spiro atoms. The quantitative estimate of drug-likeness (QED) is 0.930. The van der Waals surface area contributed by atoms with Crippen LogP contribution in [0, 0.1) is 6.92 Å². The molecule has 0 bridgehead atoms. The summed E-state index contributed by atoms with van der Waals surface area (Å²) in [6, 6.07) is 8.49. The Kier molecular flexibility index (Phi) is 4.54. The van der Waals surface area contributed by atoms with Crippen LogP contribution in [0.25, 0.3) is 5.69 Å². The van der Waals surface area contributed by atoms with Crippen LogP contribution in [0.5, 0.6) is 0 Å². The molecule has 0 saturated heterocycles. The maximum absolute atomic E-state index is 4.94. The summed E-state index contributed by atoms with van der Waals surface area (Å²) < 4.78 is 2.13. The number of aromatic nitrogens is 2. The Hall–Kier alpha value is -1.42. The second-order valence-electron chi connectivity index (χ2n) is 5.60. The van der Waals surface area contributed by atoms with Crippen molar-refractivity contribution in [3.63, 3.8) is 0 Å². The smallest absolute Gasteiger partial charge is 0.133 e. The number of benzene rings is 1. The van der Waals surface area contributed by atoms with Crippen LogP contribution in [-0.2, 0) is 12.8 Å². The van der Waals surface area contributed by atoms with Crippen LogP contribution in [0.15, 0.2) is 24.3 Å². The number of fused-ring (bicyclic) bond motifs is 1. The molecule has 0 radical (unpaired) electrons. The predicted octanol–water partition coefficient (Wildman–Crippen LogP) is 3.83. The largest absolute Gasteiger partial charge is 0.370 e. The molecular weight excluding hydrogens is 278 g/mol. The van der Waals surface area contributed by atoms with Crippen LogP contribution >= 0.6 is 11.8 Å². The Bertz CT molecular complexity index is 618. The highest BCUT2D eigenvalue weighted by molar-refractivity contribution is 7.98. The summed E-state index contributed by atoms with van der Waals surface area (Å²) in [6.07, 6.45) is 6.87. The molecule has 0 atom stereocenters. The van der Waals surface area contributed by atoms with Crippen molar-refractivity contribution >= 4 is 17.6 Å². The molecule has 112 valence electrons. The lowest BCUT2D eigenvalue weighted by atomic mass is 10.1. The number of anilines is 1. The number of rotatable bonds is 4. The van der Waals surface area contributed by atoms with E-state index in [0.717, 1.165) is 25.1 Å². The lowest BCUT2D eigenvalue weighted by molar-refractivity contribution is 0.765. The summed E-state index contributed by atoms with van der Waals surface area (Å²) in [5, 5.41) is 8.55. The van der Waals surface area contributed by atoms with E-state index in [1.54, 1.807) is 0 Å². The summed E-state index contributed by atoms with van der Waals surface area (Å²) in [5.41, 5.74) is 5.17. The molecule has 0 fully saturated rings. The first-order chi connectivity index (χ1) is 10.3. The third kappa shape index (κ3) is 2.95. The van der Waals surface area contributed by atoms with E-state index in [2.05, 4.69) is 47.4 Å². The van der Waals surface area contributed by atoms with E-state index in [-0.39, 0.29) is 0 Å². The molecule has 1 N–H and O–H groups in total. The predicted molar refractivity (Wildman–Crippen MR) is 91.8 cm³/mol. The van der Waals surface area contributed by atoms with E-state index in [1.165, 1.54) is 41.2 Å². The minimum Gasteiger partial charge on any atom is -0.370 e. The zero-order valence-corrected chi connectivity index (χ0v) is 13.7. The molecule has 0 aliphatic carbocycles. The minimum atomic E-state index is 1.05. The van der Waals surface area contributed by atoms with E-state index < -0.39 is 0 Å². The molecule has 3 rings (SSSR count). The van der Waals surface area contributed by atoms with Crippen molar-refractivity contribution in [2.24, 2.45) is 0 Å². The Labute approximate surface area is 131 Å². The number of hydrogen-bond donors (Lipinski definition) is 1. The van der Waals surface area contributed by atoms with Crippen molar-refractivity contribution in [2.45, 2.75) is 32.6 Å². The summed E-state index contributed by atoms with van der Waals surface area (Å²) in [7, 11) is 0. The molecule has 0 saturated carbocycles. The van der Waals surface area contributed by atoms with E-state index in [4.69, 9.17) is 5.10 Å². The second kappa shape index (κ2) is 6.56. The van der Waals surface area contributed by atoms with Gasteiger partial charge >= 0.3 is 0 Å². The molecule has 0 unspecified atom stereocenters. The average Bonchev–Trinajstić information content (AvgIpc) is 2.68. The first-order valence-corrected chi connectivity index (χ1v) is 9.10. The van der Waals surface area contributed by atoms with Gasteiger partial charge in [0.05, 0.1) is 11.4 Å². The van der Waals surface area contributed by atoms with Crippen LogP contribution in [0.2, 0.25) is 0 Å². The third-order valence-corrected chi connectivity index (χ3v) is 4.71. The van der Waals surface area contributed by atoms with Gasteiger partial charge in [-0.2, -0.15) is 16.9 Å². The van der Waals surface area contributed by atoms with Gasteiger partial charge < -0.3 is 5.32 Å². The van der Waals surface area contributed by atoms with E-state index >= 15 is 0 Å². The Morgan fingerprint density at radius 2 is 2.14 bits per heavy atom. The highest BCUT2D eigenvalue weighted by atomic mass is 32.2. The molecule has 1 aliphatic heterocycles. The van der Waals surface area contributed by atoms with Crippen LogP contribution in [0.4, 0.5) is 5.82 Å². The van der Waals surface area contributed by atoms with E-state index in [9.17, 15) is 0 Å². The SMILES string of the molecule is CSCCc1nn(-c2ccccc2C)c2c1CCCCN2. The van der Waals surface area contributed by atoms with Crippen molar-refractivity contribution in [1.82, 2.24) is 9.78 Å². The fourth-order valence-corrected chi connectivity index (χ4v) is 3.35. The average molecular weight is 301 g/mol. The number of para-hydroxylation sites is 1. The van der Waals surface area contributed by atoms with Gasteiger partial charge in [0.25, 0.3) is 0 Å². The Balaban J connectivity index is 2.08. The Morgan fingerprint density at radius 3 is 2.95 bits per heavy atom. The van der Waals surface area contributed by atoms with Gasteiger partial charge in [-0.15, -0.1) is 0 Å². The maximum atomic E-state index is 4.94. The first kappa shape index (κ1) is 14.5. The molecule has 3 nitrogen and oxygen atoms in total. The van der Waals surface area contributed by atoms with Crippen molar-refractivity contribution in [3.8, 4) is 5.69 Å². The lowest BCUT2D eigenvalue weighted by Crippen LogP contribution is -2.08. The summed E-state index contributed by atoms with van der Waals surface area (Å²) in [4.78, 5) is 0. The van der Waals surface area contributed by atoms with Crippen molar-refractivity contribution < 1.29 is 0 Å². The molecule has 1 aromatic carbocycles. The molecule has 4 heteroatoms. The van der Waals surface area contributed by atoms with Gasteiger partial charge in [-0.05, 0) is 49.8 Å². The maximum Gasteiger partial charge on any atom is 0.133 e. The minimum absolute atomic E-state index is 1.05. The second-order valence-corrected chi connectivity index (χ2v) is 6.58. The number of nitrogens with zero attached hydrogens (tertiary/aromatic N) is 2. The first-order valence-electron chi connectivity index (χ1n) is 7.71. The molecule has 21 heavy (non-hydrogen) atoms. The number of thioether (sulfide) groups is 1. The zero-order valence-electron chi connectivity index (χ0n) is 12.9. The molecule has 1 aromatic heterocycles. The van der Waals surface area contributed by atoms with Gasteiger partial charge in [0.2, 0.25) is 0 Å². The lowest BCUT2D eigenvalue weighted by Gasteiger charge is -2.11. The normalized spacial score (nSPS) is 14.4. The van der Waals surface area contributed by atoms with Crippen LogP contribution < -0.4 is 5.32 Å². The zero-order chi connectivity index (χ0) is 14.7. The van der Waals surface area contributed by atoms with Gasteiger partial charge in [-0.3, -0.25) is 0 Å². The van der Waals surface area contributed by atoms with E-state index in [0.29, 0.717) is 0 Å². The van der Waals surface area contributed by atoms with E-state index in [1.807, 2.05) is 11.8 Å². The summed E-state index contributed by atoms with van der Waals surface area (Å²) in [6.45, 7) is 3.20. The topological polar surface area (TPSA) is 29.9 Å². The van der Waals surface area contributed by atoms with Gasteiger partial charge in [-0.25, -0.2) is 4.68 Å². The third-order valence-electron chi connectivity index (χ3n) is 4.10. The molecule has 2 heterocycles. The number of nitrogens with one attached hydrogen (secondary N) is 1. The number of aryl methyl sites for hydroxylation is 2.